The number of amides is 1. The summed E-state index contributed by atoms with van der Waals surface area (Å²) in [6.45, 7) is 2.47. The molecule has 1 spiro atoms. The number of rotatable bonds is 5. The van der Waals surface area contributed by atoms with Crippen LogP contribution in [0.4, 0.5) is 5.69 Å². The highest BCUT2D eigenvalue weighted by molar-refractivity contribution is 5.47. The molecule has 1 aromatic heterocycles. The summed E-state index contributed by atoms with van der Waals surface area (Å²) in [5.41, 5.74) is 1.49. The highest BCUT2D eigenvalue weighted by Crippen LogP contribution is 2.49. The number of aliphatic hydroxyl groups is 1. The van der Waals surface area contributed by atoms with E-state index in [1.807, 2.05) is 17.3 Å². The Bertz CT molecular complexity index is 457. The molecule has 0 bridgehead atoms. The van der Waals surface area contributed by atoms with Gasteiger partial charge in [-0.15, -0.1) is 0 Å². The van der Waals surface area contributed by atoms with Crippen molar-refractivity contribution in [2.75, 3.05) is 25.0 Å². The maximum absolute atomic E-state index is 10.7. The predicted octanol–water partition coefficient (Wildman–Crippen LogP) is 0.688. The Morgan fingerprint density at radius 2 is 2.20 bits per heavy atom. The number of anilines is 1. The summed E-state index contributed by atoms with van der Waals surface area (Å²) in [7, 11) is 0. The normalized spacial score (nSPS) is 21.8. The van der Waals surface area contributed by atoms with Crippen LogP contribution in [0, 0.1) is 5.41 Å². The lowest BCUT2D eigenvalue weighted by molar-refractivity contribution is -0.121. The van der Waals surface area contributed by atoms with Gasteiger partial charge in [-0.2, -0.15) is 5.10 Å². The van der Waals surface area contributed by atoms with Gasteiger partial charge in [-0.1, -0.05) is 0 Å². The number of likely N-dealkylation sites (tertiary alicyclic amines) is 1. The molecule has 2 heterocycles. The van der Waals surface area contributed by atoms with E-state index in [9.17, 15) is 4.79 Å². The van der Waals surface area contributed by atoms with Crippen molar-refractivity contribution < 1.29 is 9.90 Å². The van der Waals surface area contributed by atoms with Crippen molar-refractivity contribution in [3.8, 4) is 0 Å². The van der Waals surface area contributed by atoms with Crippen molar-refractivity contribution in [3.05, 3.63) is 12.4 Å². The fourth-order valence-corrected chi connectivity index (χ4v) is 3.50. The highest BCUT2D eigenvalue weighted by Gasteiger charge is 2.45. The molecule has 0 aromatic carbocycles. The average Bonchev–Trinajstić information content (AvgIpc) is 2.86. The van der Waals surface area contributed by atoms with Crippen LogP contribution in [0.5, 0.6) is 0 Å². The lowest BCUT2D eigenvalue weighted by Gasteiger charge is -2.52. The molecule has 1 aliphatic carbocycles. The summed E-state index contributed by atoms with van der Waals surface area (Å²) in [4.78, 5) is 12.6. The molecule has 0 atom stereocenters. The SMILES string of the molecule is O=CN1CCC2(CC1)CC(Nc1cnn(CCO)c1)C2. The maximum atomic E-state index is 10.7. The van der Waals surface area contributed by atoms with Crippen molar-refractivity contribution >= 4 is 12.1 Å². The molecule has 6 nitrogen and oxygen atoms in total. The molecular formula is C14H22N4O2. The molecule has 2 fully saturated rings. The average molecular weight is 278 g/mol. The molecule has 1 aliphatic heterocycles. The molecule has 6 heteroatoms. The van der Waals surface area contributed by atoms with Crippen LogP contribution in [0.15, 0.2) is 12.4 Å². The Morgan fingerprint density at radius 3 is 2.85 bits per heavy atom. The number of aliphatic hydroxyl groups excluding tert-OH is 1. The minimum atomic E-state index is 0.112. The number of nitrogens with zero attached hydrogens (tertiary/aromatic N) is 3. The molecule has 110 valence electrons. The van der Waals surface area contributed by atoms with E-state index in [1.165, 1.54) is 12.8 Å². The Balaban J connectivity index is 1.47. The van der Waals surface area contributed by atoms with Crippen molar-refractivity contribution in [2.45, 2.75) is 38.3 Å². The number of piperidine rings is 1. The molecule has 0 unspecified atom stereocenters. The summed E-state index contributed by atoms with van der Waals surface area (Å²) < 4.78 is 1.75. The van der Waals surface area contributed by atoms with Crippen LogP contribution in [0.3, 0.4) is 0 Å². The number of carbonyl (C=O) groups is 1. The first kappa shape index (κ1) is 13.4. The third-order valence-corrected chi connectivity index (χ3v) is 4.70. The predicted molar refractivity (Wildman–Crippen MR) is 75.3 cm³/mol. The van der Waals surface area contributed by atoms with Crippen LogP contribution in [0.1, 0.15) is 25.7 Å². The van der Waals surface area contributed by atoms with E-state index in [4.69, 9.17) is 5.11 Å². The van der Waals surface area contributed by atoms with Gasteiger partial charge in [0.15, 0.2) is 0 Å². The van der Waals surface area contributed by atoms with Gasteiger partial charge in [0.1, 0.15) is 0 Å². The first-order valence-electron chi connectivity index (χ1n) is 7.32. The number of aromatic nitrogens is 2. The fourth-order valence-electron chi connectivity index (χ4n) is 3.50. The molecule has 2 aliphatic rings. The quantitative estimate of drug-likeness (QED) is 0.777. The molecule has 1 saturated heterocycles. The van der Waals surface area contributed by atoms with Crippen molar-refractivity contribution in [1.82, 2.24) is 14.7 Å². The molecule has 1 saturated carbocycles. The second-order valence-corrected chi connectivity index (χ2v) is 6.11. The number of nitrogens with one attached hydrogen (secondary N) is 1. The first-order chi connectivity index (χ1) is 9.73. The third-order valence-electron chi connectivity index (χ3n) is 4.70. The van der Waals surface area contributed by atoms with Gasteiger partial charge in [-0.25, -0.2) is 0 Å². The van der Waals surface area contributed by atoms with Crippen molar-refractivity contribution in [1.29, 1.82) is 0 Å². The largest absolute Gasteiger partial charge is 0.394 e. The first-order valence-corrected chi connectivity index (χ1v) is 7.32. The number of carbonyl (C=O) groups excluding carboxylic acids is 1. The number of hydrogen-bond donors (Lipinski definition) is 2. The van der Waals surface area contributed by atoms with Gasteiger partial charge in [0.05, 0.1) is 25.0 Å². The second-order valence-electron chi connectivity index (χ2n) is 6.11. The molecule has 0 radical (unpaired) electrons. The summed E-state index contributed by atoms with van der Waals surface area (Å²) >= 11 is 0. The van der Waals surface area contributed by atoms with E-state index in [2.05, 4.69) is 10.4 Å². The van der Waals surface area contributed by atoms with Gasteiger partial charge >= 0.3 is 0 Å². The van der Waals surface area contributed by atoms with Gasteiger partial charge in [0.25, 0.3) is 0 Å². The zero-order valence-electron chi connectivity index (χ0n) is 11.7. The summed E-state index contributed by atoms with van der Waals surface area (Å²) in [5, 5.41) is 16.6. The molecule has 3 rings (SSSR count). The Labute approximate surface area is 118 Å². The third kappa shape index (κ3) is 2.65. The summed E-state index contributed by atoms with van der Waals surface area (Å²) in [6.07, 6.45) is 9.36. The zero-order chi connectivity index (χ0) is 14.0. The fraction of sp³-hybridized carbons (Fsp3) is 0.714. The zero-order valence-corrected chi connectivity index (χ0v) is 11.7. The Kier molecular flexibility index (Phi) is 3.65. The van der Waals surface area contributed by atoms with Gasteiger partial charge < -0.3 is 15.3 Å². The standard InChI is InChI=1S/C14H22N4O2/c19-6-5-18-10-13(9-15-18)16-12-7-14(8-12)1-3-17(11-20)4-2-14/h9-12,16,19H,1-8H2. The van der Waals surface area contributed by atoms with Crippen molar-refractivity contribution in [3.63, 3.8) is 0 Å². The van der Waals surface area contributed by atoms with Crippen LogP contribution in [-0.4, -0.2) is 51.9 Å². The van der Waals surface area contributed by atoms with E-state index in [1.54, 1.807) is 4.68 Å². The van der Waals surface area contributed by atoms with E-state index < -0.39 is 0 Å². The van der Waals surface area contributed by atoms with E-state index >= 15 is 0 Å². The van der Waals surface area contributed by atoms with Gasteiger partial charge in [-0.05, 0) is 31.1 Å². The van der Waals surface area contributed by atoms with Gasteiger partial charge in [0, 0.05) is 25.3 Å². The van der Waals surface area contributed by atoms with E-state index in [0.29, 0.717) is 18.0 Å². The van der Waals surface area contributed by atoms with Crippen LogP contribution < -0.4 is 5.32 Å². The minimum absolute atomic E-state index is 0.112. The monoisotopic (exact) mass is 278 g/mol. The summed E-state index contributed by atoms with van der Waals surface area (Å²) in [5.74, 6) is 0. The smallest absolute Gasteiger partial charge is 0.209 e. The van der Waals surface area contributed by atoms with Crippen molar-refractivity contribution in [2.24, 2.45) is 5.41 Å². The Morgan fingerprint density at radius 1 is 1.45 bits per heavy atom. The topological polar surface area (TPSA) is 70.4 Å². The lowest BCUT2D eigenvalue weighted by atomic mass is 9.60. The second kappa shape index (κ2) is 5.44. The van der Waals surface area contributed by atoms with Crippen LogP contribution in [0.2, 0.25) is 0 Å². The van der Waals surface area contributed by atoms with Gasteiger partial charge in [0.2, 0.25) is 6.41 Å². The molecule has 1 amide bonds. The summed E-state index contributed by atoms with van der Waals surface area (Å²) in [6, 6.07) is 0.518. The van der Waals surface area contributed by atoms with E-state index in [-0.39, 0.29) is 6.61 Å². The lowest BCUT2D eigenvalue weighted by Crippen LogP contribution is -2.51. The molecule has 1 aromatic rings. The molecule has 20 heavy (non-hydrogen) atoms. The van der Waals surface area contributed by atoms with Crippen LogP contribution in [-0.2, 0) is 11.3 Å². The molecule has 2 N–H and O–H groups in total. The minimum Gasteiger partial charge on any atom is -0.394 e. The highest BCUT2D eigenvalue weighted by atomic mass is 16.3. The maximum Gasteiger partial charge on any atom is 0.209 e. The van der Waals surface area contributed by atoms with Crippen LogP contribution in [0.25, 0.3) is 0 Å². The molecular weight excluding hydrogens is 256 g/mol. The van der Waals surface area contributed by atoms with Gasteiger partial charge in [-0.3, -0.25) is 9.48 Å². The van der Waals surface area contributed by atoms with Crippen LogP contribution >= 0.6 is 0 Å². The Hall–Kier alpha value is -1.56. The number of hydrogen-bond acceptors (Lipinski definition) is 4. The van der Waals surface area contributed by atoms with E-state index in [0.717, 1.165) is 38.0 Å².